The first-order valence-corrected chi connectivity index (χ1v) is 30.2. The molecule has 408 valence electrons. The van der Waals surface area contributed by atoms with Crippen LogP contribution >= 0.6 is 0 Å². The molecule has 0 unspecified atom stereocenters. The molecule has 0 saturated carbocycles. The lowest BCUT2D eigenvalue weighted by atomic mass is 9.82. The van der Waals surface area contributed by atoms with Crippen LogP contribution in [0.25, 0.3) is 177 Å². The van der Waals surface area contributed by atoms with E-state index in [9.17, 15) is 0 Å². The zero-order valence-electron chi connectivity index (χ0n) is 48.2. The minimum atomic E-state index is 0.619. The van der Waals surface area contributed by atoms with Crippen LogP contribution in [0.15, 0.2) is 291 Å². The number of methoxy groups -OCH3 is 1. The van der Waals surface area contributed by atoms with Crippen LogP contribution in [0.5, 0.6) is 11.5 Å². The Bertz CT molecular complexity index is 5200. The quantitative estimate of drug-likeness (QED) is 0.120. The number of hydrogen-bond acceptors (Lipinski definition) is 2. The van der Waals surface area contributed by atoms with Crippen molar-refractivity contribution in [2.75, 3.05) is 13.7 Å². The molecule has 0 spiro atoms. The average Bonchev–Trinajstić information content (AvgIpc) is 2.75. The second-order valence-electron chi connectivity index (χ2n) is 23.0. The van der Waals surface area contributed by atoms with Gasteiger partial charge in [-0.05, 0) is 220 Å². The highest BCUT2D eigenvalue weighted by Crippen LogP contribution is 2.61. The third-order valence-electron chi connectivity index (χ3n) is 18.5. The maximum atomic E-state index is 5.98. The molecule has 0 bridgehead atoms. The maximum Gasteiger partial charge on any atom is 0.119 e. The molecule has 0 aromatic heterocycles. The molecule has 0 amide bonds. The van der Waals surface area contributed by atoms with Crippen molar-refractivity contribution in [3.63, 3.8) is 0 Å². The maximum absolute atomic E-state index is 5.98. The van der Waals surface area contributed by atoms with Crippen molar-refractivity contribution < 1.29 is 9.47 Å². The summed E-state index contributed by atoms with van der Waals surface area (Å²) in [4.78, 5) is 0. The van der Waals surface area contributed by atoms with Crippen molar-refractivity contribution in [2.45, 2.75) is 6.92 Å². The third kappa shape index (κ3) is 7.81. The van der Waals surface area contributed by atoms with Crippen LogP contribution in [0, 0.1) is 0 Å². The Kier molecular flexibility index (Phi) is 11.8. The van der Waals surface area contributed by atoms with Gasteiger partial charge in [-0.3, -0.25) is 0 Å². The predicted octanol–water partition coefficient (Wildman–Crippen LogP) is 23.3. The molecule has 0 aliphatic heterocycles. The highest BCUT2D eigenvalue weighted by molar-refractivity contribution is 6.31. The first-order chi connectivity index (χ1) is 43.1. The lowest BCUT2D eigenvalue weighted by molar-refractivity contribution is 0.340. The van der Waals surface area contributed by atoms with Gasteiger partial charge in [-0.1, -0.05) is 255 Å². The fraction of sp³-hybridized carbons (Fsp3) is 0.0353. The Balaban J connectivity index is 0.905. The van der Waals surface area contributed by atoms with E-state index in [0.29, 0.717) is 6.61 Å². The largest absolute Gasteiger partial charge is 0.497 e. The van der Waals surface area contributed by atoms with Gasteiger partial charge in [0, 0.05) is 0 Å². The summed E-state index contributed by atoms with van der Waals surface area (Å²) in [5.74, 6) is 1.71. The van der Waals surface area contributed by atoms with E-state index < -0.39 is 0 Å². The molecule has 0 atom stereocenters. The topological polar surface area (TPSA) is 18.5 Å². The van der Waals surface area contributed by atoms with Gasteiger partial charge in [0.25, 0.3) is 0 Å². The Morgan fingerprint density at radius 1 is 0.218 bits per heavy atom. The third-order valence-corrected chi connectivity index (χ3v) is 18.5. The van der Waals surface area contributed by atoms with E-state index in [4.69, 9.17) is 9.47 Å². The van der Waals surface area contributed by atoms with Crippen molar-refractivity contribution in [3.05, 3.63) is 291 Å². The average molecular weight is 1110 g/mol. The molecule has 0 radical (unpaired) electrons. The molecule has 15 aromatic rings. The van der Waals surface area contributed by atoms with Crippen molar-refractivity contribution in [2.24, 2.45) is 0 Å². The molecule has 0 heterocycles. The fourth-order valence-corrected chi connectivity index (χ4v) is 14.9. The summed E-state index contributed by atoms with van der Waals surface area (Å²) >= 11 is 0. The molecule has 15 aromatic carbocycles. The predicted molar refractivity (Wildman–Crippen MR) is 367 cm³/mol. The molecule has 2 aliphatic carbocycles. The van der Waals surface area contributed by atoms with Crippen molar-refractivity contribution in [1.29, 1.82) is 0 Å². The lowest BCUT2D eigenvalue weighted by Gasteiger charge is -2.21. The highest BCUT2D eigenvalue weighted by atomic mass is 16.5. The SMILES string of the molecule is CCOc1ccc(-c2cc(-c3ccccc3)c3c(c2-c2ccccc2)-c2cccc4c(-c5c6ccccc6c(-c6ccc7c8c(cccc68)-c6c(-c8ccccc8)c(-c8ccc(OC)cc8)cc(-c8ccccc8)c6-7)c6ccccc56)ccc-3c24)cc1. The summed E-state index contributed by atoms with van der Waals surface area (Å²) in [5, 5.41) is 9.95. The number of hydrogen-bond donors (Lipinski definition) is 0. The van der Waals surface area contributed by atoms with Crippen LogP contribution in [0.2, 0.25) is 0 Å². The van der Waals surface area contributed by atoms with Crippen molar-refractivity contribution in [3.8, 4) is 145 Å². The lowest BCUT2D eigenvalue weighted by Crippen LogP contribution is -1.95. The van der Waals surface area contributed by atoms with Crippen molar-refractivity contribution in [1.82, 2.24) is 0 Å². The summed E-state index contributed by atoms with van der Waals surface area (Å²) < 4.78 is 11.7. The van der Waals surface area contributed by atoms with E-state index in [-0.39, 0.29) is 0 Å². The standard InChI is InChI=1S/C85H56O2/c1-3-87-59-44-40-55(41-45-59)73-51-75(53-24-10-5-11-25-53)83-71-49-47-67(65-35-21-37-69(81(65)71)85(83)77(73)57-28-14-7-15-29-57)79-62-32-18-16-30-60(62)78(61-31-17-19-33-63(61)79)66-46-48-70-80-64(66)34-20-36-68(80)84-76(56-26-12-6-13-27-56)72(54-38-42-58(86-2)43-39-54)50-74(82(70)84)52-22-8-4-9-23-52/h4-51H,3H2,1-2H3. The van der Waals surface area contributed by atoms with Gasteiger partial charge in [0.05, 0.1) is 13.7 Å². The van der Waals surface area contributed by atoms with E-state index in [0.717, 1.165) is 22.6 Å². The van der Waals surface area contributed by atoms with Gasteiger partial charge in [-0.2, -0.15) is 0 Å². The van der Waals surface area contributed by atoms with Crippen LogP contribution in [0.4, 0.5) is 0 Å². The van der Waals surface area contributed by atoms with E-state index in [1.807, 2.05) is 6.92 Å². The van der Waals surface area contributed by atoms with E-state index >= 15 is 0 Å². The normalized spacial score (nSPS) is 11.8. The van der Waals surface area contributed by atoms with Gasteiger partial charge < -0.3 is 9.47 Å². The van der Waals surface area contributed by atoms with Gasteiger partial charge >= 0.3 is 0 Å². The van der Waals surface area contributed by atoms with E-state index in [1.165, 1.54) is 165 Å². The molecule has 0 N–H and O–H groups in total. The second kappa shape index (κ2) is 20.3. The molecule has 2 nitrogen and oxygen atoms in total. The first kappa shape index (κ1) is 50.5. The Morgan fingerprint density at radius 3 is 0.908 bits per heavy atom. The summed E-state index contributed by atoms with van der Waals surface area (Å²) in [6, 6.07) is 108. The van der Waals surface area contributed by atoms with Crippen LogP contribution in [0.3, 0.4) is 0 Å². The van der Waals surface area contributed by atoms with Gasteiger partial charge in [0.15, 0.2) is 0 Å². The molecule has 2 heteroatoms. The van der Waals surface area contributed by atoms with Crippen LogP contribution in [-0.2, 0) is 0 Å². The molecule has 2 aliphatic rings. The smallest absolute Gasteiger partial charge is 0.119 e. The number of fused-ring (bicyclic) bond motifs is 8. The molecular formula is C85H56O2. The Hall–Kier alpha value is -11.1. The summed E-state index contributed by atoms with van der Waals surface area (Å²) in [6.07, 6.45) is 0. The van der Waals surface area contributed by atoms with Gasteiger partial charge in [-0.15, -0.1) is 0 Å². The Labute approximate surface area is 506 Å². The molecule has 0 saturated heterocycles. The first-order valence-electron chi connectivity index (χ1n) is 30.2. The van der Waals surface area contributed by atoms with Gasteiger partial charge in [0.1, 0.15) is 11.5 Å². The minimum Gasteiger partial charge on any atom is -0.497 e. The molecular weight excluding hydrogens is 1050 g/mol. The second-order valence-corrected chi connectivity index (χ2v) is 23.0. The molecule has 17 rings (SSSR count). The minimum absolute atomic E-state index is 0.619. The molecule has 87 heavy (non-hydrogen) atoms. The zero-order chi connectivity index (χ0) is 57.7. The van der Waals surface area contributed by atoms with E-state index in [2.05, 4.69) is 291 Å². The van der Waals surface area contributed by atoms with Gasteiger partial charge in [-0.25, -0.2) is 0 Å². The number of rotatable bonds is 11. The number of benzene rings is 15. The van der Waals surface area contributed by atoms with E-state index in [1.54, 1.807) is 7.11 Å². The summed E-state index contributed by atoms with van der Waals surface area (Å²) in [7, 11) is 1.73. The van der Waals surface area contributed by atoms with Gasteiger partial charge in [0.2, 0.25) is 0 Å². The number of ether oxygens (including phenoxy) is 2. The van der Waals surface area contributed by atoms with Crippen molar-refractivity contribution >= 4 is 43.1 Å². The monoisotopic (exact) mass is 1110 g/mol. The zero-order valence-corrected chi connectivity index (χ0v) is 48.2. The Morgan fingerprint density at radius 2 is 0.529 bits per heavy atom. The summed E-state index contributed by atoms with van der Waals surface area (Å²) in [6.45, 7) is 2.66. The van der Waals surface area contributed by atoms with Crippen LogP contribution in [0.1, 0.15) is 6.92 Å². The van der Waals surface area contributed by atoms with Crippen LogP contribution < -0.4 is 9.47 Å². The highest BCUT2D eigenvalue weighted by Gasteiger charge is 2.34. The van der Waals surface area contributed by atoms with Crippen LogP contribution in [-0.4, -0.2) is 13.7 Å². The fourth-order valence-electron chi connectivity index (χ4n) is 14.9. The summed E-state index contributed by atoms with van der Waals surface area (Å²) in [5.41, 5.74) is 29.4. The molecule has 0 fully saturated rings.